The average molecular weight is 279 g/mol. The van der Waals surface area contributed by atoms with E-state index in [1.165, 1.54) is 9.80 Å². The molecule has 0 radical (unpaired) electrons. The van der Waals surface area contributed by atoms with Gasteiger partial charge >= 0.3 is 12.0 Å². The quantitative estimate of drug-likeness (QED) is 0.821. The molecule has 1 aliphatic heterocycles. The van der Waals surface area contributed by atoms with E-state index < -0.39 is 24.1 Å². The van der Waals surface area contributed by atoms with Gasteiger partial charge in [0.1, 0.15) is 6.04 Å². The molecule has 0 aromatic carbocycles. The monoisotopic (exact) mass is 279 g/mol. The number of likely N-dealkylation sites (tertiary alicyclic amines) is 1. The normalized spacial score (nSPS) is 21.8. The highest BCUT2D eigenvalue weighted by atomic mass is 16.4. The number of carbonyl (C=O) groups is 2. The zero-order valence-corrected chi connectivity index (χ0v) is 11.1. The minimum Gasteiger partial charge on any atom is -0.480 e. The van der Waals surface area contributed by atoms with Gasteiger partial charge in [-0.25, -0.2) is 9.59 Å². The lowest BCUT2D eigenvalue weighted by atomic mass is 10.2. The van der Waals surface area contributed by atoms with Crippen LogP contribution in [0.4, 0.5) is 4.79 Å². The van der Waals surface area contributed by atoms with E-state index in [0.717, 1.165) is 5.56 Å². The lowest BCUT2D eigenvalue weighted by molar-refractivity contribution is -0.141. The first kappa shape index (κ1) is 14.3. The molecule has 2 amide bonds. The summed E-state index contributed by atoms with van der Waals surface area (Å²) in [5.41, 5.74) is 0.905. The molecule has 2 heterocycles. The van der Waals surface area contributed by atoms with Crippen molar-refractivity contribution < 1.29 is 19.8 Å². The fourth-order valence-corrected chi connectivity index (χ4v) is 2.31. The van der Waals surface area contributed by atoms with Gasteiger partial charge < -0.3 is 20.0 Å². The molecule has 1 saturated heterocycles. The third-order valence-electron chi connectivity index (χ3n) is 3.31. The molecule has 108 valence electrons. The van der Waals surface area contributed by atoms with Crippen LogP contribution in [0.25, 0.3) is 0 Å². The van der Waals surface area contributed by atoms with Gasteiger partial charge in [0.05, 0.1) is 6.10 Å². The van der Waals surface area contributed by atoms with Crippen molar-refractivity contribution in [3.05, 3.63) is 30.1 Å². The molecule has 2 atom stereocenters. The highest BCUT2D eigenvalue weighted by molar-refractivity contribution is 5.83. The van der Waals surface area contributed by atoms with Crippen LogP contribution in [0.3, 0.4) is 0 Å². The van der Waals surface area contributed by atoms with Crippen molar-refractivity contribution in [2.45, 2.75) is 25.1 Å². The molecule has 1 aromatic heterocycles. The second-order valence-corrected chi connectivity index (χ2v) is 4.89. The van der Waals surface area contributed by atoms with Gasteiger partial charge in [0, 0.05) is 39.0 Å². The Hall–Kier alpha value is -2.15. The maximum atomic E-state index is 12.3. The number of pyridine rings is 1. The van der Waals surface area contributed by atoms with Crippen LogP contribution in [0.5, 0.6) is 0 Å². The summed E-state index contributed by atoms with van der Waals surface area (Å²) in [4.78, 5) is 29.9. The Morgan fingerprint density at radius 1 is 1.45 bits per heavy atom. The smallest absolute Gasteiger partial charge is 0.326 e. The second-order valence-electron chi connectivity index (χ2n) is 4.89. The number of hydrogen-bond donors (Lipinski definition) is 2. The molecule has 2 N–H and O–H groups in total. The maximum Gasteiger partial charge on any atom is 0.326 e. The van der Waals surface area contributed by atoms with Crippen LogP contribution >= 0.6 is 0 Å². The van der Waals surface area contributed by atoms with E-state index in [-0.39, 0.29) is 13.0 Å². The number of carboxylic acids is 1. The first-order valence-electron chi connectivity index (χ1n) is 6.30. The topological polar surface area (TPSA) is 94.0 Å². The molecule has 0 aliphatic carbocycles. The molecule has 0 spiro atoms. The molecule has 1 aliphatic rings. The molecule has 0 saturated carbocycles. The Kier molecular flexibility index (Phi) is 4.19. The van der Waals surface area contributed by atoms with Crippen LogP contribution in [-0.2, 0) is 11.3 Å². The van der Waals surface area contributed by atoms with Gasteiger partial charge in [-0.1, -0.05) is 0 Å². The number of carboxylic acid groups (broad SMARTS) is 1. The lowest BCUT2D eigenvalue weighted by Gasteiger charge is -2.27. The summed E-state index contributed by atoms with van der Waals surface area (Å²) in [7, 11) is 1.60. The van der Waals surface area contributed by atoms with Crippen molar-refractivity contribution in [2.24, 2.45) is 0 Å². The van der Waals surface area contributed by atoms with Gasteiger partial charge in [0.2, 0.25) is 0 Å². The van der Waals surface area contributed by atoms with E-state index in [4.69, 9.17) is 5.11 Å². The molecule has 20 heavy (non-hydrogen) atoms. The van der Waals surface area contributed by atoms with Crippen LogP contribution in [0.15, 0.2) is 24.5 Å². The van der Waals surface area contributed by atoms with Crippen LogP contribution < -0.4 is 0 Å². The van der Waals surface area contributed by atoms with Crippen molar-refractivity contribution >= 4 is 12.0 Å². The highest BCUT2D eigenvalue weighted by Gasteiger charge is 2.39. The van der Waals surface area contributed by atoms with E-state index in [1.807, 2.05) is 0 Å². The molecule has 7 heteroatoms. The van der Waals surface area contributed by atoms with E-state index in [2.05, 4.69) is 4.98 Å². The van der Waals surface area contributed by atoms with E-state index >= 15 is 0 Å². The summed E-state index contributed by atoms with van der Waals surface area (Å²) in [6.07, 6.45) is 2.56. The molecule has 2 rings (SSSR count). The number of amides is 2. The van der Waals surface area contributed by atoms with Crippen LogP contribution in [0, 0.1) is 0 Å². The fraction of sp³-hybridized carbons (Fsp3) is 0.462. The third-order valence-corrected chi connectivity index (χ3v) is 3.31. The number of aliphatic hydroxyl groups is 1. The molecule has 1 fully saturated rings. The van der Waals surface area contributed by atoms with Crippen LogP contribution in [-0.4, -0.2) is 62.7 Å². The number of urea groups is 1. The van der Waals surface area contributed by atoms with Gasteiger partial charge in [-0.2, -0.15) is 0 Å². The highest BCUT2D eigenvalue weighted by Crippen LogP contribution is 2.20. The van der Waals surface area contributed by atoms with Gasteiger partial charge in [-0.15, -0.1) is 0 Å². The van der Waals surface area contributed by atoms with Gasteiger partial charge in [0.15, 0.2) is 0 Å². The van der Waals surface area contributed by atoms with Crippen molar-refractivity contribution in [1.82, 2.24) is 14.8 Å². The Morgan fingerprint density at radius 2 is 2.10 bits per heavy atom. The maximum absolute atomic E-state index is 12.3. The summed E-state index contributed by atoms with van der Waals surface area (Å²) in [5.74, 6) is -1.09. The molecule has 0 bridgehead atoms. The fourth-order valence-electron chi connectivity index (χ4n) is 2.31. The number of aliphatic carboxylic acids is 1. The Morgan fingerprint density at radius 3 is 2.70 bits per heavy atom. The van der Waals surface area contributed by atoms with Gasteiger partial charge in [-0.05, 0) is 17.7 Å². The Balaban J connectivity index is 2.04. The number of rotatable bonds is 3. The second kappa shape index (κ2) is 5.87. The average Bonchev–Trinajstić information content (AvgIpc) is 2.81. The minimum absolute atomic E-state index is 0.0521. The number of β-amino-alcohol motifs (C(OH)–C–C–N with tert-alkyl or cyclic N) is 1. The molecule has 7 nitrogen and oxygen atoms in total. The minimum atomic E-state index is -1.09. The molecular weight excluding hydrogens is 262 g/mol. The molecule has 1 aromatic rings. The first-order chi connectivity index (χ1) is 9.49. The van der Waals surface area contributed by atoms with Crippen molar-refractivity contribution in [3.8, 4) is 0 Å². The first-order valence-corrected chi connectivity index (χ1v) is 6.30. The largest absolute Gasteiger partial charge is 0.480 e. The van der Waals surface area contributed by atoms with Gasteiger partial charge in [-0.3, -0.25) is 4.98 Å². The summed E-state index contributed by atoms with van der Waals surface area (Å²) in [5, 5.41) is 18.6. The van der Waals surface area contributed by atoms with E-state index in [0.29, 0.717) is 6.54 Å². The van der Waals surface area contributed by atoms with Crippen molar-refractivity contribution in [2.75, 3.05) is 13.6 Å². The van der Waals surface area contributed by atoms with E-state index in [1.54, 1.807) is 31.6 Å². The summed E-state index contributed by atoms with van der Waals surface area (Å²) in [6.45, 7) is 0.413. The Labute approximate surface area is 116 Å². The summed E-state index contributed by atoms with van der Waals surface area (Å²) in [6, 6.07) is 2.22. The number of carbonyl (C=O) groups excluding carboxylic acids is 1. The van der Waals surface area contributed by atoms with Gasteiger partial charge in [0.25, 0.3) is 0 Å². The number of nitrogens with zero attached hydrogens (tertiary/aromatic N) is 3. The predicted molar refractivity (Wildman–Crippen MR) is 69.9 cm³/mol. The molecular formula is C13H17N3O4. The SMILES string of the molecule is CN(Cc1ccncc1)C(=O)N1C[C@H](O)C[C@@H]1C(=O)O. The number of aliphatic hydroxyl groups excluding tert-OH is 1. The van der Waals surface area contributed by atoms with Crippen LogP contribution in [0.1, 0.15) is 12.0 Å². The van der Waals surface area contributed by atoms with Crippen molar-refractivity contribution in [3.63, 3.8) is 0 Å². The lowest BCUT2D eigenvalue weighted by Crippen LogP contribution is -2.46. The zero-order valence-electron chi connectivity index (χ0n) is 11.1. The predicted octanol–water partition coefficient (Wildman–Crippen LogP) is 0.153. The third kappa shape index (κ3) is 3.05. The Bertz CT molecular complexity index is 494. The number of hydrogen-bond acceptors (Lipinski definition) is 4. The molecule has 0 unspecified atom stereocenters. The van der Waals surface area contributed by atoms with Crippen LogP contribution in [0.2, 0.25) is 0 Å². The standard InChI is InChI=1S/C13H17N3O4/c1-15(7-9-2-4-14-5-3-9)13(20)16-8-10(17)6-11(16)12(18)19/h2-5,10-11,17H,6-8H2,1H3,(H,18,19)/t10-,11-/m1/s1. The van der Waals surface area contributed by atoms with Crippen molar-refractivity contribution in [1.29, 1.82) is 0 Å². The number of aromatic nitrogens is 1. The zero-order chi connectivity index (χ0) is 14.7. The summed E-state index contributed by atoms with van der Waals surface area (Å²) < 4.78 is 0. The summed E-state index contributed by atoms with van der Waals surface area (Å²) >= 11 is 0. The van der Waals surface area contributed by atoms with E-state index in [9.17, 15) is 14.7 Å².